The molecule has 0 aromatic heterocycles. The number of rotatable bonds is 4. The Balaban J connectivity index is 2.99. The van der Waals surface area contributed by atoms with Gasteiger partial charge in [0.25, 0.3) is 0 Å². The van der Waals surface area contributed by atoms with Crippen LogP contribution in [0.25, 0.3) is 0 Å². The van der Waals surface area contributed by atoms with E-state index in [1.807, 2.05) is 0 Å². The highest BCUT2D eigenvalue weighted by Crippen LogP contribution is 2.16. The van der Waals surface area contributed by atoms with Crippen molar-refractivity contribution in [2.24, 2.45) is 0 Å². The molecular formula is C10H13Cl2NO2S. The lowest BCUT2D eigenvalue weighted by Crippen LogP contribution is -2.44. The summed E-state index contributed by atoms with van der Waals surface area (Å²) >= 11 is 11.3. The first-order valence-corrected chi connectivity index (χ1v) is 7.02. The minimum atomic E-state index is -3.54. The summed E-state index contributed by atoms with van der Waals surface area (Å²) in [5.41, 5.74) is -0.681. The average molecular weight is 282 g/mol. The van der Waals surface area contributed by atoms with Gasteiger partial charge in [-0.15, -0.1) is 11.6 Å². The van der Waals surface area contributed by atoms with Gasteiger partial charge in [0.05, 0.1) is 4.90 Å². The van der Waals surface area contributed by atoms with Gasteiger partial charge in [0.2, 0.25) is 10.0 Å². The number of hydrogen-bond acceptors (Lipinski definition) is 2. The average Bonchev–Trinajstić information content (AvgIpc) is 2.17. The standard InChI is InChI=1S/C10H13Cl2NO2S/c1-10(2,7-11)13-16(14,15)9-5-3-8(12)4-6-9/h3-6,13H,7H2,1-2H3. The van der Waals surface area contributed by atoms with Crippen LogP contribution in [-0.2, 0) is 10.0 Å². The van der Waals surface area contributed by atoms with Crippen molar-refractivity contribution in [1.29, 1.82) is 0 Å². The van der Waals surface area contributed by atoms with Crippen molar-refractivity contribution in [3.63, 3.8) is 0 Å². The van der Waals surface area contributed by atoms with Crippen LogP contribution in [0.3, 0.4) is 0 Å². The molecule has 0 atom stereocenters. The molecular weight excluding hydrogens is 269 g/mol. The summed E-state index contributed by atoms with van der Waals surface area (Å²) in [6.45, 7) is 3.43. The summed E-state index contributed by atoms with van der Waals surface area (Å²) in [6, 6.07) is 5.97. The normalized spacial score (nSPS) is 12.8. The molecule has 0 saturated carbocycles. The fourth-order valence-corrected chi connectivity index (χ4v) is 2.75. The Labute approximate surface area is 106 Å². The molecule has 0 fully saturated rings. The summed E-state index contributed by atoms with van der Waals surface area (Å²) in [6.07, 6.45) is 0. The summed E-state index contributed by atoms with van der Waals surface area (Å²) in [4.78, 5) is 0.176. The van der Waals surface area contributed by atoms with E-state index >= 15 is 0 Å². The zero-order chi connectivity index (χ0) is 12.4. The molecule has 0 saturated heterocycles. The van der Waals surface area contributed by atoms with Gasteiger partial charge < -0.3 is 0 Å². The molecule has 6 heteroatoms. The van der Waals surface area contributed by atoms with Crippen molar-refractivity contribution in [2.45, 2.75) is 24.3 Å². The zero-order valence-electron chi connectivity index (χ0n) is 9.00. The number of nitrogens with one attached hydrogen (secondary N) is 1. The Morgan fingerprint density at radius 1 is 1.25 bits per heavy atom. The van der Waals surface area contributed by atoms with Gasteiger partial charge in [-0.25, -0.2) is 13.1 Å². The largest absolute Gasteiger partial charge is 0.241 e. The molecule has 0 heterocycles. The SMILES string of the molecule is CC(C)(CCl)NS(=O)(=O)c1ccc(Cl)cc1. The van der Waals surface area contributed by atoms with E-state index in [0.29, 0.717) is 5.02 Å². The first kappa shape index (κ1) is 13.8. The molecule has 90 valence electrons. The topological polar surface area (TPSA) is 46.2 Å². The second-order valence-electron chi connectivity index (χ2n) is 4.08. The molecule has 0 spiro atoms. The first-order valence-electron chi connectivity index (χ1n) is 4.62. The van der Waals surface area contributed by atoms with Crippen molar-refractivity contribution in [3.05, 3.63) is 29.3 Å². The lowest BCUT2D eigenvalue weighted by molar-refractivity contribution is 0.496. The molecule has 0 amide bonds. The van der Waals surface area contributed by atoms with Crippen molar-refractivity contribution in [3.8, 4) is 0 Å². The molecule has 1 aromatic rings. The van der Waals surface area contributed by atoms with Gasteiger partial charge in [-0.3, -0.25) is 0 Å². The number of halogens is 2. The second-order valence-corrected chi connectivity index (χ2v) is 6.46. The third-order valence-electron chi connectivity index (χ3n) is 1.87. The molecule has 0 aliphatic carbocycles. The van der Waals surface area contributed by atoms with Crippen LogP contribution in [0.1, 0.15) is 13.8 Å². The summed E-state index contributed by atoms with van der Waals surface area (Å²) in [5.74, 6) is 0.194. The van der Waals surface area contributed by atoms with Gasteiger partial charge in [-0.2, -0.15) is 0 Å². The number of alkyl halides is 1. The van der Waals surface area contributed by atoms with Crippen molar-refractivity contribution < 1.29 is 8.42 Å². The molecule has 3 nitrogen and oxygen atoms in total. The van der Waals surface area contributed by atoms with Crippen LogP contribution in [-0.4, -0.2) is 19.8 Å². The van der Waals surface area contributed by atoms with Gasteiger partial charge in [0, 0.05) is 16.4 Å². The Morgan fingerprint density at radius 2 is 1.75 bits per heavy atom. The van der Waals surface area contributed by atoms with Gasteiger partial charge in [0.15, 0.2) is 0 Å². The maximum atomic E-state index is 11.9. The zero-order valence-corrected chi connectivity index (χ0v) is 11.3. The summed E-state index contributed by atoms with van der Waals surface area (Å²) in [7, 11) is -3.54. The highest BCUT2D eigenvalue weighted by molar-refractivity contribution is 7.89. The fraction of sp³-hybridized carbons (Fsp3) is 0.400. The van der Waals surface area contributed by atoms with Crippen LogP contribution >= 0.6 is 23.2 Å². The number of benzene rings is 1. The molecule has 0 unspecified atom stereocenters. The molecule has 0 radical (unpaired) electrons. The highest BCUT2D eigenvalue weighted by atomic mass is 35.5. The van der Waals surface area contributed by atoms with E-state index in [-0.39, 0.29) is 10.8 Å². The van der Waals surface area contributed by atoms with E-state index in [1.54, 1.807) is 13.8 Å². The maximum absolute atomic E-state index is 11.9. The minimum Gasteiger partial charge on any atom is -0.207 e. The Morgan fingerprint density at radius 3 is 2.19 bits per heavy atom. The predicted molar refractivity (Wildman–Crippen MR) is 66.6 cm³/mol. The van der Waals surface area contributed by atoms with Crippen LogP contribution in [0.15, 0.2) is 29.2 Å². The van der Waals surface area contributed by atoms with Gasteiger partial charge in [-0.05, 0) is 38.1 Å². The second kappa shape index (κ2) is 4.92. The molecule has 1 N–H and O–H groups in total. The van der Waals surface area contributed by atoms with Gasteiger partial charge in [-0.1, -0.05) is 11.6 Å². The predicted octanol–water partition coefficient (Wildman–Crippen LogP) is 2.64. The minimum absolute atomic E-state index is 0.176. The summed E-state index contributed by atoms with van der Waals surface area (Å²) in [5, 5.41) is 0.496. The van der Waals surface area contributed by atoms with E-state index in [9.17, 15) is 8.42 Å². The Bertz CT molecular complexity index is 454. The van der Waals surface area contributed by atoms with Crippen molar-refractivity contribution in [1.82, 2.24) is 4.72 Å². The number of hydrogen-bond donors (Lipinski definition) is 1. The van der Waals surface area contributed by atoms with E-state index in [1.165, 1.54) is 24.3 Å². The number of sulfonamides is 1. The molecule has 0 bridgehead atoms. The third-order valence-corrected chi connectivity index (χ3v) is 4.50. The monoisotopic (exact) mass is 281 g/mol. The van der Waals surface area contributed by atoms with Gasteiger partial charge in [0.1, 0.15) is 0 Å². The smallest absolute Gasteiger partial charge is 0.207 e. The highest BCUT2D eigenvalue weighted by Gasteiger charge is 2.25. The first-order chi connectivity index (χ1) is 7.27. The third kappa shape index (κ3) is 3.63. The lowest BCUT2D eigenvalue weighted by Gasteiger charge is -2.22. The maximum Gasteiger partial charge on any atom is 0.241 e. The quantitative estimate of drug-likeness (QED) is 0.863. The molecule has 0 aliphatic heterocycles. The van der Waals surface area contributed by atoms with Crippen LogP contribution in [0.5, 0.6) is 0 Å². The van der Waals surface area contributed by atoms with E-state index in [4.69, 9.17) is 23.2 Å². The lowest BCUT2D eigenvalue weighted by atomic mass is 10.1. The molecule has 0 aliphatic rings. The molecule has 1 aromatic carbocycles. The molecule has 16 heavy (non-hydrogen) atoms. The van der Waals surface area contributed by atoms with Crippen LogP contribution in [0.4, 0.5) is 0 Å². The molecule has 1 rings (SSSR count). The van der Waals surface area contributed by atoms with E-state index in [0.717, 1.165) is 0 Å². The Kier molecular flexibility index (Phi) is 4.23. The van der Waals surface area contributed by atoms with E-state index < -0.39 is 15.6 Å². The fourth-order valence-electron chi connectivity index (χ4n) is 1.06. The van der Waals surface area contributed by atoms with E-state index in [2.05, 4.69) is 4.72 Å². The Hall–Kier alpha value is -0.290. The van der Waals surface area contributed by atoms with Gasteiger partial charge >= 0.3 is 0 Å². The van der Waals surface area contributed by atoms with Crippen molar-refractivity contribution >= 4 is 33.2 Å². The summed E-state index contributed by atoms with van der Waals surface area (Å²) < 4.78 is 26.3. The van der Waals surface area contributed by atoms with Crippen molar-refractivity contribution in [2.75, 3.05) is 5.88 Å². The van der Waals surface area contributed by atoms with Crippen LogP contribution in [0.2, 0.25) is 5.02 Å². The van der Waals surface area contributed by atoms with Crippen LogP contribution < -0.4 is 4.72 Å². The van der Waals surface area contributed by atoms with Crippen LogP contribution in [0, 0.1) is 0 Å².